The number of carbonyl (C=O) groups excluding carboxylic acids is 1. The van der Waals surface area contributed by atoms with Crippen LogP contribution >= 0.6 is 0 Å². The van der Waals surface area contributed by atoms with Gasteiger partial charge in [-0.15, -0.1) is 0 Å². The molecule has 1 heterocycles. The summed E-state index contributed by atoms with van der Waals surface area (Å²) in [7, 11) is 0. The Balaban J connectivity index is 1.81. The van der Waals surface area contributed by atoms with Crippen molar-refractivity contribution >= 4 is 5.78 Å². The summed E-state index contributed by atoms with van der Waals surface area (Å²) in [5, 5.41) is 0. The summed E-state index contributed by atoms with van der Waals surface area (Å²) in [5.41, 5.74) is 1.26. The molecule has 0 radical (unpaired) electrons. The average Bonchev–Trinajstić information content (AvgIpc) is 2.41. The van der Waals surface area contributed by atoms with Crippen LogP contribution in [0, 0.1) is 24.7 Å². The molecule has 1 fully saturated rings. The Morgan fingerprint density at radius 2 is 2.25 bits per heavy atom. The van der Waals surface area contributed by atoms with Crippen molar-refractivity contribution < 1.29 is 9.18 Å². The summed E-state index contributed by atoms with van der Waals surface area (Å²) in [6.45, 7) is 4.13. The summed E-state index contributed by atoms with van der Waals surface area (Å²) in [5.74, 6) is 1.09. The molecule has 1 saturated carbocycles. The summed E-state index contributed by atoms with van der Waals surface area (Å²) in [6.07, 6.45) is 9.29. The van der Waals surface area contributed by atoms with Gasteiger partial charge in [0.2, 0.25) is 5.95 Å². The van der Waals surface area contributed by atoms with Crippen molar-refractivity contribution in [3.8, 4) is 0 Å². The van der Waals surface area contributed by atoms with E-state index in [1.54, 1.807) is 0 Å². The molecule has 20 heavy (non-hydrogen) atoms. The Morgan fingerprint density at radius 1 is 1.45 bits per heavy atom. The molecule has 2 nitrogen and oxygen atoms in total. The van der Waals surface area contributed by atoms with Gasteiger partial charge in [-0.3, -0.25) is 4.79 Å². The molecule has 2 unspecified atom stereocenters. The fourth-order valence-corrected chi connectivity index (χ4v) is 3.31. The first kappa shape index (κ1) is 15.1. The van der Waals surface area contributed by atoms with Crippen LogP contribution in [0.1, 0.15) is 67.8 Å². The second kappa shape index (κ2) is 6.96. The third-order valence-corrected chi connectivity index (χ3v) is 4.43. The highest BCUT2D eigenvalue weighted by molar-refractivity contribution is 5.97. The highest BCUT2D eigenvalue weighted by atomic mass is 19.1. The van der Waals surface area contributed by atoms with E-state index >= 15 is 0 Å². The van der Waals surface area contributed by atoms with E-state index in [0.29, 0.717) is 12.0 Å². The van der Waals surface area contributed by atoms with Crippen LogP contribution in [0.25, 0.3) is 0 Å². The Bertz CT molecular complexity index is 472. The van der Waals surface area contributed by atoms with Crippen molar-refractivity contribution in [1.82, 2.24) is 4.98 Å². The lowest BCUT2D eigenvalue weighted by atomic mass is 9.80. The number of nitrogens with zero attached hydrogens (tertiary/aromatic N) is 1. The molecule has 3 heteroatoms. The van der Waals surface area contributed by atoms with E-state index < -0.39 is 5.95 Å². The molecule has 0 spiro atoms. The van der Waals surface area contributed by atoms with Crippen LogP contribution in [-0.4, -0.2) is 10.8 Å². The second-order valence-electron chi connectivity index (χ2n) is 6.28. The molecule has 0 amide bonds. The number of carbonyl (C=O) groups is 1. The van der Waals surface area contributed by atoms with E-state index in [1.165, 1.54) is 37.9 Å². The summed E-state index contributed by atoms with van der Waals surface area (Å²) >= 11 is 0. The van der Waals surface area contributed by atoms with Gasteiger partial charge in [0.25, 0.3) is 0 Å². The third-order valence-electron chi connectivity index (χ3n) is 4.43. The highest BCUT2D eigenvalue weighted by Gasteiger charge is 2.19. The number of halogens is 1. The minimum absolute atomic E-state index is 0.0488. The van der Waals surface area contributed by atoms with Gasteiger partial charge in [-0.25, -0.2) is 4.98 Å². The van der Waals surface area contributed by atoms with Crippen LogP contribution in [0.2, 0.25) is 0 Å². The summed E-state index contributed by atoms with van der Waals surface area (Å²) in [6, 6.07) is 1.26. The van der Waals surface area contributed by atoms with E-state index in [4.69, 9.17) is 0 Å². The molecule has 1 aromatic rings. The van der Waals surface area contributed by atoms with E-state index in [0.717, 1.165) is 30.2 Å². The second-order valence-corrected chi connectivity index (χ2v) is 6.28. The number of hydrogen-bond acceptors (Lipinski definition) is 2. The first-order chi connectivity index (χ1) is 9.56. The average molecular weight is 277 g/mol. The molecule has 0 bridgehead atoms. The van der Waals surface area contributed by atoms with E-state index in [9.17, 15) is 9.18 Å². The van der Waals surface area contributed by atoms with Crippen molar-refractivity contribution in [2.24, 2.45) is 11.8 Å². The zero-order valence-corrected chi connectivity index (χ0v) is 12.5. The van der Waals surface area contributed by atoms with Crippen LogP contribution < -0.4 is 0 Å². The SMILES string of the molecule is Cc1cnc(F)cc1C(=O)CCCC1CCCC(C)C1. The van der Waals surface area contributed by atoms with Crippen molar-refractivity contribution in [3.63, 3.8) is 0 Å². The molecule has 0 aliphatic heterocycles. The van der Waals surface area contributed by atoms with Crippen LogP contribution in [0.4, 0.5) is 4.39 Å². The van der Waals surface area contributed by atoms with Gasteiger partial charge >= 0.3 is 0 Å². The monoisotopic (exact) mass is 277 g/mol. The largest absolute Gasteiger partial charge is 0.294 e. The Labute approximate surface area is 120 Å². The number of aromatic nitrogens is 1. The summed E-state index contributed by atoms with van der Waals surface area (Å²) < 4.78 is 13.1. The topological polar surface area (TPSA) is 30.0 Å². The van der Waals surface area contributed by atoms with E-state index in [1.807, 2.05) is 6.92 Å². The fourth-order valence-electron chi connectivity index (χ4n) is 3.31. The quantitative estimate of drug-likeness (QED) is 0.576. The molecule has 2 rings (SSSR count). The van der Waals surface area contributed by atoms with Gasteiger partial charge in [0, 0.05) is 24.2 Å². The lowest BCUT2D eigenvalue weighted by Crippen LogP contribution is -2.13. The molecule has 0 saturated heterocycles. The van der Waals surface area contributed by atoms with E-state index in [2.05, 4.69) is 11.9 Å². The number of hydrogen-bond donors (Lipinski definition) is 0. The van der Waals surface area contributed by atoms with E-state index in [-0.39, 0.29) is 5.78 Å². The molecule has 0 aromatic carbocycles. The Kier molecular flexibility index (Phi) is 5.27. The number of Topliss-reactive ketones (excluding diaryl/α,β-unsaturated/α-hetero) is 1. The molecule has 1 aromatic heterocycles. The maximum absolute atomic E-state index is 13.1. The zero-order chi connectivity index (χ0) is 14.5. The molecular weight excluding hydrogens is 253 g/mol. The molecule has 1 aliphatic carbocycles. The standard InChI is InChI=1S/C17H24FNO/c1-12-5-3-6-14(9-12)7-4-8-16(20)15-10-17(18)19-11-13(15)2/h10-12,14H,3-9H2,1-2H3. The third kappa shape index (κ3) is 4.12. The van der Waals surface area contributed by atoms with Gasteiger partial charge in [0.1, 0.15) is 0 Å². The first-order valence-corrected chi connectivity index (χ1v) is 7.71. The first-order valence-electron chi connectivity index (χ1n) is 7.71. The van der Waals surface area contributed by atoms with Crippen molar-refractivity contribution in [2.45, 2.75) is 58.8 Å². The number of pyridine rings is 1. The minimum atomic E-state index is -0.569. The zero-order valence-electron chi connectivity index (χ0n) is 12.5. The van der Waals surface area contributed by atoms with Gasteiger partial charge in [0.05, 0.1) is 0 Å². The number of aryl methyl sites for hydroxylation is 1. The van der Waals surface area contributed by atoms with Gasteiger partial charge in [0.15, 0.2) is 5.78 Å². The van der Waals surface area contributed by atoms with Crippen molar-refractivity contribution in [3.05, 3.63) is 29.3 Å². The van der Waals surface area contributed by atoms with Crippen LogP contribution in [-0.2, 0) is 0 Å². The smallest absolute Gasteiger partial charge is 0.213 e. The number of ketones is 1. The number of rotatable bonds is 5. The van der Waals surface area contributed by atoms with Gasteiger partial charge < -0.3 is 0 Å². The Morgan fingerprint density at radius 3 is 3.00 bits per heavy atom. The van der Waals surface area contributed by atoms with Crippen molar-refractivity contribution in [1.29, 1.82) is 0 Å². The van der Waals surface area contributed by atoms with Crippen LogP contribution in [0.15, 0.2) is 12.3 Å². The van der Waals surface area contributed by atoms with Crippen LogP contribution in [0.3, 0.4) is 0 Å². The van der Waals surface area contributed by atoms with Gasteiger partial charge in [-0.05, 0) is 37.2 Å². The normalized spacial score (nSPS) is 22.8. The fraction of sp³-hybridized carbons (Fsp3) is 0.647. The predicted molar refractivity (Wildman–Crippen MR) is 78.2 cm³/mol. The maximum atomic E-state index is 13.1. The minimum Gasteiger partial charge on any atom is -0.294 e. The molecular formula is C17H24FNO. The van der Waals surface area contributed by atoms with Crippen molar-refractivity contribution in [2.75, 3.05) is 0 Å². The predicted octanol–water partition coefficient (Wildman–Crippen LogP) is 4.71. The lowest BCUT2D eigenvalue weighted by Gasteiger charge is -2.26. The van der Waals surface area contributed by atoms with Gasteiger partial charge in [-0.2, -0.15) is 4.39 Å². The molecule has 2 atom stereocenters. The molecule has 110 valence electrons. The van der Waals surface area contributed by atoms with Crippen LogP contribution in [0.5, 0.6) is 0 Å². The lowest BCUT2D eigenvalue weighted by molar-refractivity contribution is 0.0974. The van der Waals surface area contributed by atoms with Gasteiger partial charge in [-0.1, -0.05) is 32.6 Å². The molecule has 0 N–H and O–H groups in total. The maximum Gasteiger partial charge on any atom is 0.213 e. The highest BCUT2D eigenvalue weighted by Crippen LogP contribution is 2.31. The summed E-state index contributed by atoms with van der Waals surface area (Å²) in [4.78, 5) is 15.7. The molecule has 1 aliphatic rings. The Hall–Kier alpha value is -1.25.